The van der Waals surface area contributed by atoms with E-state index in [1.807, 2.05) is 0 Å². The van der Waals surface area contributed by atoms with E-state index in [2.05, 4.69) is 10.6 Å². The Hall–Kier alpha value is -1.67. The van der Waals surface area contributed by atoms with Crippen molar-refractivity contribution >= 4 is 17.8 Å². The highest BCUT2D eigenvalue weighted by molar-refractivity contribution is 5.88. The van der Waals surface area contributed by atoms with E-state index in [1.54, 1.807) is 0 Å². The molecular formula is C9H17N3O5. The molecule has 0 unspecified atom stereocenters. The van der Waals surface area contributed by atoms with E-state index < -0.39 is 36.9 Å². The summed E-state index contributed by atoms with van der Waals surface area (Å²) in [5.41, 5.74) is 5.26. The van der Waals surface area contributed by atoms with E-state index >= 15 is 0 Å². The molecule has 1 amide bonds. The maximum Gasteiger partial charge on any atom is 0.322 e. The molecule has 17 heavy (non-hydrogen) atoms. The smallest absolute Gasteiger partial charge is 0.322 e. The van der Waals surface area contributed by atoms with Gasteiger partial charge in [0.25, 0.3) is 0 Å². The Morgan fingerprint density at radius 3 is 2.29 bits per heavy atom. The van der Waals surface area contributed by atoms with Gasteiger partial charge in [-0.25, -0.2) is 0 Å². The Morgan fingerprint density at radius 1 is 1.18 bits per heavy atom. The van der Waals surface area contributed by atoms with Crippen LogP contribution in [0.25, 0.3) is 0 Å². The summed E-state index contributed by atoms with van der Waals surface area (Å²) >= 11 is 0. The lowest BCUT2D eigenvalue weighted by Crippen LogP contribution is -2.47. The SMILES string of the molecule is NCCCN[C@H](CC(=O)O)C(=O)NCC(=O)O. The molecule has 0 saturated carbocycles. The van der Waals surface area contributed by atoms with E-state index in [9.17, 15) is 14.4 Å². The summed E-state index contributed by atoms with van der Waals surface area (Å²) in [5, 5.41) is 21.8. The largest absolute Gasteiger partial charge is 0.481 e. The number of carbonyl (C=O) groups is 3. The van der Waals surface area contributed by atoms with Crippen LogP contribution in [0.3, 0.4) is 0 Å². The van der Waals surface area contributed by atoms with Crippen molar-refractivity contribution in [1.82, 2.24) is 10.6 Å². The van der Waals surface area contributed by atoms with E-state index in [0.29, 0.717) is 19.5 Å². The van der Waals surface area contributed by atoms with Gasteiger partial charge in [0.15, 0.2) is 0 Å². The van der Waals surface area contributed by atoms with Crippen molar-refractivity contribution in [2.75, 3.05) is 19.6 Å². The molecule has 6 N–H and O–H groups in total. The number of nitrogens with one attached hydrogen (secondary N) is 2. The van der Waals surface area contributed by atoms with Gasteiger partial charge in [-0.15, -0.1) is 0 Å². The molecule has 0 aliphatic heterocycles. The van der Waals surface area contributed by atoms with E-state index in [1.165, 1.54) is 0 Å². The minimum absolute atomic E-state index is 0.398. The zero-order valence-corrected chi connectivity index (χ0v) is 9.31. The predicted molar refractivity (Wildman–Crippen MR) is 58.4 cm³/mol. The van der Waals surface area contributed by atoms with Crippen molar-refractivity contribution in [1.29, 1.82) is 0 Å². The lowest BCUT2D eigenvalue weighted by Gasteiger charge is -2.15. The normalized spacial score (nSPS) is 11.8. The van der Waals surface area contributed by atoms with Crippen molar-refractivity contribution in [2.24, 2.45) is 5.73 Å². The Bertz CT molecular complexity index is 282. The Morgan fingerprint density at radius 2 is 1.82 bits per heavy atom. The fourth-order valence-electron chi connectivity index (χ4n) is 1.10. The van der Waals surface area contributed by atoms with Gasteiger partial charge in [0.1, 0.15) is 6.54 Å². The standard InChI is InChI=1S/C9H17N3O5/c10-2-1-3-11-6(4-7(13)14)9(17)12-5-8(15)16/h6,11H,1-5,10H2,(H,12,17)(H,13,14)(H,15,16)/t6-/m1/s1. The molecule has 0 bridgehead atoms. The number of amides is 1. The van der Waals surface area contributed by atoms with Crippen molar-refractivity contribution < 1.29 is 24.6 Å². The van der Waals surface area contributed by atoms with Crippen molar-refractivity contribution in [3.05, 3.63) is 0 Å². The average Bonchev–Trinajstić information content (AvgIpc) is 2.24. The van der Waals surface area contributed by atoms with Crippen LogP contribution in [0.2, 0.25) is 0 Å². The maximum absolute atomic E-state index is 11.4. The van der Waals surface area contributed by atoms with Gasteiger partial charge in [-0.05, 0) is 19.5 Å². The van der Waals surface area contributed by atoms with Crippen LogP contribution in [0.15, 0.2) is 0 Å². The van der Waals surface area contributed by atoms with Gasteiger partial charge in [0.2, 0.25) is 5.91 Å². The van der Waals surface area contributed by atoms with Gasteiger partial charge in [0, 0.05) is 0 Å². The van der Waals surface area contributed by atoms with Crippen LogP contribution in [0, 0.1) is 0 Å². The molecule has 0 heterocycles. The maximum atomic E-state index is 11.4. The quantitative estimate of drug-likeness (QED) is 0.296. The second-order valence-electron chi connectivity index (χ2n) is 3.36. The molecule has 0 fully saturated rings. The monoisotopic (exact) mass is 247 g/mol. The summed E-state index contributed by atoms with van der Waals surface area (Å²) in [6, 6.07) is -0.946. The lowest BCUT2D eigenvalue weighted by atomic mass is 10.2. The summed E-state index contributed by atoms with van der Waals surface area (Å²) in [6.45, 7) is 0.284. The first-order valence-electron chi connectivity index (χ1n) is 5.12. The van der Waals surface area contributed by atoms with Gasteiger partial charge in [-0.2, -0.15) is 0 Å². The summed E-state index contributed by atoms with van der Waals surface area (Å²) < 4.78 is 0. The first-order valence-corrected chi connectivity index (χ1v) is 5.12. The van der Waals surface area contributed by atoms with Crippen LogP contribution in [0.5, 0.6) is 0 Å². The second-order valence-corrected chi connectivity index (χ2v) is 3.36. The zero-order valence-electron chi connectivity index (χ0n) is 9.31. The van der Waals surface area contributed by atoms with Crippen LogP contribution in [0.1, 0.15) is 12.8 Å². The molecule has 0 radical (unpaired) electrons. The van der Waals surface area contributed by atoms with E-state index in [4.69, 9.17) is 15.9 Å². The minimum Gasteiger partial charge on any atom is -0.481 e. The highest BCUT2D eigenvalue weighted by Gasteiger charge is 2.21. The summed E-state index contributed by atoms with van der Waals surface area (Å²) in [4.78, 5) is 32.2. The number of rotatable bonds is 9. The van der Waals surface area contributed by atoms with Crippen LogP contribution < -0.4 is 16.4 Å². The third-order valence-electron chi connectivity index (χ3n) is 1.88. The van der Waals surface area contributed by atoms with Crippen LogP contribution in [0.4, 0.5) is 0 Å². The number of hydrogen-bond acceptors (Lipinski definition) is 5. The van der Waals surface area contributed by atoms with Gasteiger partial charge >= 0.3 is 11.9 Å². The molecule has 0 aliphatic rings. The molecule has 8 nitrogen and oxygen atoms in total. The Kier molecular flexibility index (Phi) is 7.65. The number of hydrogen-bond donors (Lipinski definition) is 5. The molecule has 0 aromatic carbocycles. The number of carboxylic acids is 2. The Balaban J connectivity index is 4.18. The molecule has 0 saturated heterocycles. The molecular weight excluding hydrogens is 230 g/mol. The van der Waals surface area contributed by atoms with Crippen molar-refractivity contribution in [2.45, 2.75) is 18.9 Å². The van der Waals surface area contributed by atoms with Gasteiger partial charge in [-0.1, -0.05) is 0 Å². The topological polar surface area (TPSA) is 142 Å². The number of carbonyl (C=O) groups excluding carboxylic acids is 1. The fraction of sp³-hybridized carbons (Fsp3) is 0.667. The molecule has 8 heteroatoms. The number of aliphatic carboxylic acids is 2. The van der Waals surface area contributed by atoms with E-state index in [-0.39, 0.29) is 0 Å². The summed E-state index contributed by atoms with van der Waals surface area (Å²) in [7, 11) is 0. The second kappa shape index (κ2) is 8.48. The molecule has 98 valence electrons. The molecule has 1 atom stereocenters. The average molecular weight is 247 g/mol. The van der Waals surface area contributed by atoms with Crippen molar-refractivity contribution in [3.8, 4) is 0 Å². The molecule has 0 aromatic rings. The number of carboxylic acid groups (broad SMARTS) is 2. The Labute approximate surface area is 98.2 Å². The van der Waals surface area contributed by atoms with Crippen LogP contribution in [-0.2, 0) is 14.4 Å². The van der Waals surface area contributed by atoms with Gasteiger partial charge < -0.3 is 26.6 Å². The highest BCUT2D eigenvalue weighted by Crippen LogP contribution is 1.93. The highest BCUT2D eigenvalue weighted by atomic mass is 16.4. The molecule has 0 aromatic heterocycles. The summed E-state index contributed by atoms with van der Waals surface area (Å²) in [6.07, 6.45) is 0.193. The number of nitrogens with two attached hydrogens (primary N) is 1. The van der Waals surface area contributed by atoms with E-state index in [0.717, 1.165) is 0 Å². The van der Waals surface area contributed by atoms with Crippen LogP contribution >= 0.6 is 0 Å². The molecule has 0 spiro atoms. The predicted octanol–water partition coefficient (Wildman–Crippen LogP) is -2.03. The first kappa shape index (κ1) is 15.3. The van der Waals surface area contributed by atoms with Gasteiger partial charge in [0.05, 0.1) is 12.5 Å². The molecule has 0 aliphatic carbocycles. The minimum atomic E-state index is -1.19. The first-order chi connectivity index (χ1) is 7.97. The third kappa shape index (κ3) is 8.17. The fourth-order valence-corrected chi connectivity index (χ4v) is 1.10. The zero-order chi connectivity index (χ0) is 13.3. The van der Waals surface area contributed by atoms with Crippen LogP contribution in [-0.4, -0.2) is 53.7 Å². The third-order valence-corrected chi connectivity index (χ3v) is 1.88. The lowest BCUT2D eigenvalue weighted by molar-refractivity contribution is -0.140. The molecule has 0 rings (SSSR count). The van der Waals surface area contributed by atoms with Crippen molar-refractivity contribution in [3.63, 3.8) is 0 Å². The van der Waals surface area contributed by atoms with Gasteiger partial charge in [-0.3, -0.25) is 14.4 Å². The summed E-state index contributed by atoms with van der Waals surface area (Å²) in [5.74, 6) is -2.97.